The lowest BCUT2D eigenvalue weighted by Crippen LogP contribution is -2.23. The molecular weight excluding hydrogens is 314 g/mol. The summed E-state index contributed by atoms with van der Waals surface area (Å²) in [5.74, 6) is 0.674. The van der Waals surface area contributed by atoms with E-state index >= 15 is 0 Å². The Morgan fingerprint density at radius 1 is 1.04 bits per heavy atom. The molecule has 0 spiro atoms. The minimum atomic E-state index is -0.121. The molecule has 1 amide bonds. The molecule has 0 fully saturated rings. The van der Waals surface area contributed by atoms with Gasteiger partial charge in [-0.2, -0.15) is 0 Å². The van der Waals surface area contributed by atoms with Gasteiger partial charge in [-0.3, -0.25) is 4.79 Å². The van der Waals surface area contributed by atoms with Gasteiger partial charge in [0.1, 0.15) is 12.1 Å². The Morgan fingerprint density at radius 3 is 2.44 bits per heavy atom. The Hall–Kier alpha value is -3.21. The zero-order valence-corrected chi connectivity index (χ0v) is 14.2. The summed E-state index contributed by atoms with van der Waals surface area (Å²) in [5, 5.41) is 2.88. The number of carbonyl (C=O) groups excluding carboxylic acids is 1. The largest absolute Gasteiger partial charge is 0.497 e. The Morgan fingerprint density at radius 2 is 1.76 bits per heavy atom. The summed E-state index contributed by atoms with van der Waals surface area (Å²) >= 11 is 0. The molecule has 3 aromatic rings. The van der Waals surface area contributed by atoms with E-state index in [1.807, 2.05) is 61.5 Å². The van der Waals surface area contributed by atoms with Crippen molar-refractivity contribution in [2.24, 2.45) is 0 Å². The number of rotatable bonds is 5. The molecule has 0 aliphatic heterocycles. The standard InChI is InChI=1S/C20H19N3O2/c1-14-3-5-16(6-4-14)20(24)21-12-17-11-19(23-13-22-17)15-7-9-18(25-2)10-8-15/h3-11,13H,12H2,1-2H3,(H,21,24). The van der Waals surface area contributed by atoms with E-state index in [0.717, 1.165) is 28.3 Å². The summed E-state index contributed by atoms with van der Waals surface area (Å²) < 4.78 is 5.16. The Bertz CT molecular complexity index is 859. The van der Waals surface area contributed by atoms with Crippen LogP contribution in [0.5, 0.6) is 5.75 Å². The molecule has 0 aliphatic carbocycles. The van der Waals surface area contributed by atoms with Crippen LogP contribution in [-0.2, 0) is 6.54 Å². The quantitative estimate of drug-likeness (QED) is 0.777. The van der Waals surface area contributed by atoms with Crippen molar-refractivity contribution in [3.8, 4) is 17.0 Å². The number of methoxy groups -OCH3 is 1. The van der Waals surface area contributed by atoms with Crippen molar-refractivity contribution in [3.63, 3.8) is 0 Å². The Kier molecular flexibility index (Phi) is 5.04. The number of ether oxygens (including phenoxy) is 1. The first-order chi connectivity index (χ1) is 12.2. The van der Waals surface area contributed by atoms with Crippen molar-refractivity contribution in [2.45, 2.75) is 13.5 Å². The maximum atomic E-state index is 12.2. The molecule has 0 saturated heterocycles. The fourth-order valence-electron chi connectivity index (χ4n) is 2.39. The van der Waals surface area contributed by atoms with Gasteiger partial charge in [0.05, 0.1) is 25.0 Å². The second-order valence-corrected chi connectivity index (χ2v) is 5.67. The molecule has 0 saturated carbocycles. The lowest BCUT2D eigenvalue weighted by atomic mass is 10.1. The normalized spacial score (nSPS) is 10.3. The highest BCUT2D eigenvalue weighted by Crippen LogP contribution is 2.20. The Labute approximate surface area is 146 Å². The molecule has 2 aromatic carbocycles. The number of nitrogens with zero attached hydrogens (tertiary/aromatic N) is 2. The van der Waals surface area contributed by atoms with Gasteiger partial charge in [-0.25, -0.2) is 9.97 Å². The first-order valence-electron chi connectivity index (χ1n) is 7.96. The number of hydrogen-bond donors (Lipinski definition) is 1. The third-order valence-corrected chi connectivity index (χ3v) is 3.85. The third-order valence-electron chi connectivity index (χ3n) is 3.85. The molecule has 0 bridgehead atoms. The highest BCUT2D eigenvalue weighted by Gasteiger charge is 2.07. The molecule has 3 rings (SSSR count). The first-order valence-corrected chi connectivity index (χ1v) is 7.96. The number of hydrogen-bond acceptors (Lipinski definition) is 4. The van der Waals surface area contributed by atoms with Crippen molar-refractivity contribution in [3.05, 3.63) is 77.7 Å². The molecule has 0 radical (unpaired) electrons. The van der Waals surface area contributed by atoms with Gasteiger partial charge in [0.2, 0.25) is 0 Å². The van der Waals surface area contributed by atoms with Crippen LogP contribution in [0.3, 0.4) is 0 Å². The fraction of sp³-hybridized carbons (Fsp3) is 0.150. The van der Waals surface area contributed by atoms with Gasteiger partial charge < -0.3 is 10.1 Å². The van der Waals surface area contributed by atoms with Crippen LogP contribution in [0.1, 0.15) is 21.6 Å². The molecule has 0 aliphatic rings. The minimum absolute atomic E-state index is 0.121. The van der Waals surface area contributed by atoms with Gasteiger partial charge in [0, 0.05) is 11.1 Å². The smallest absolute Gasteiger partial charge is 0.251 e. The Balaban J connectivity index is 1.69. The predicted molar refractivity (Wildman–Crippen MR) is 96.4 cm³/mol. The van der Waals surface area contributed by atoms with Crippen molar-refractivity contribution in [1.82, 2.24) is 15.3 Å². The second kappa shape index (κ2) is 7.57. The topological polar surface area (TPSA) is 64.1 Å². The fourth-order valence-corrected chi connectivity index (χ4v) is 2.39. The molecule has 1 heterocycles. The van der Waals surface area contributed by atoms with Gasteiger partial charge in [0.25, 0.3) is 5.91 Å². The number of carbonyl (C=O) groups is 1. The van der Waals surface area contributed by atoms with Crippen molar-refractivity contribution < 1.29 is 9.53 Å². The molecular formula is C20H19N3O2. The van der Waals surface area contributed by atoms with Crippen LogP contribution >= 0.6 is 0 Å². The summed E-state index contributed by atoms with van der Waals surface area (Å²) in [5.41, 5.74) is 4.28. The maximum Gasteiger partial charge on any atom is 0.251 e. The lowest BCUT2D eigenvalue weighted by molar-refractivity contribution is 0.0950. The van der Waals surface area contributed by atoms with E-state index in [-0.39, 0.29) is 5.91 Å². The van der Waals surface area contributed by atoms with Gasteiger partial charge >= 0.3 is 0 Å². The maximum absolute atomic E-state index is 12.2. The molecule has 126 valence electrons. The van der Waals surface area contributed by atoms with Crippen molar-refractivity contribution in [2.75, 3.05) is 7.11 Å². The van der Waals surface area contributed by atoms with Crippen LogP contribution < -0.4 is 10.1 Å². The molecule has 1 aromatic heterocycles. The number of aromatic nitrogens is 2. The lowest BCUT2D eigenvalue weighted by Gasteiger charge is -2.07. The van der Waals surface area contributed by atoms with Crippen molar-refractivity contribution in [1.29, 1.82) is 0 Å². The van der Waals surface area contributed by atoms with E-state index in [2.05, 4.69) is 15.3 Å². The molecule has 0 unspecified atom stereocenters. The van der Waals surface area contributed by atoms with E-state index in [1.54, 1.807) is 7.11 Å². The van der Waals surface area contributed by atoms with Crippen LogP contribution in [0.2, 0.25) is 0 Å². The average molecular weight is 333 g/mol. The molecule has 1 N–H and O–H groups in total. The van der Waals surface area contributed by atoms with E-state index in [0.29, 0.717) is 12.1 Å². The molecule has 5 nitrogen and oxygen atoms in total. The highest BCUT2D eigenvalue weighted by molar-refractivity contribution is 5.94. The highest BCUT2D eigenvalue weighted by atomic mass is 16.5. The van der Waals surface area contributed by atoms with E-state index < -0.39 is 0 Å². The zero-order chi connectivity index (χ0) is 17.6. The van der Waals surface area contributed by atoms with Crippen LogP contribution in [-0.4, -0.2) is 23.0 Å². The number of benzene rings is 2. The van der Waals surface area contributed by atoms with E-state index in [1.165, 1.54) is 6.33 Å². The second-order valence-electron chi connectivity index (χ2n) is 5.67. The van der Waals surface area contributed by atoms with Crippen LogP contribution in [0, 0.1) is 6.92 Å². The zero-order valence-electron chi connectivity index (χ0n) is 14.2. The molecule has 25 heavy (non-hydrogen) atoms. The molecule has 0 atom stereocenters. The van der Waals surface area contributed by atoms with Crippen LogP contribution in [0.4, 0.5) is 0 Å². The first kappa shape index (κ1) is 16.6. The van der Waals surface area contributed by atoms with Crippen LogP contribution in [0.25, 0.3) is 11.3 Å². The summed E-state index contributed by atoms with van der Waals surface area (Å²) in [4.78, 5) is 20.7. The average Bonchev–Trinajstić information content (AvgIpc) is 2.67. The molecule has 5 heteroatoms. The van der Waals surface area contributed by atoms with Crippen LogP contribution in [0.15, 0.2) is 60.9 Å². The number of aryl methyl sites for hydroxylation is 1. The summed E-state index contributed by atoms with van der Waals surface area (Å²) in [7, 11) is 1.63. The monoisotopic (exact) mass is 333 g/mol. The van der Waals surface area contributed by atoms with E-state index in [9.17, 15) is 4.79 Å². The van der Waals surface area contributed by atoms with E-state index in [4.69, 9.17) is 4.74 Å². The van der Waals surface area contributed by atoms with Gasteiger partial charge in [-0.05, 0) is 49.4 Å². The number of nitrogens with one attached hydrogen (secondary N) is 1. The predicted octanol–water partition coefficient (Wildman–Crippen LogP) is 3.39. The van der Waals surface area contributed by atoms with Gasteiger partial charge in [-0.15, -0.1) is 0 Å². The minimum Gasteiger partial charge on any atom is -0.497 e. The summed E-state index contributed by atoms with van der Waals surface area (Å²) in [6, 6.07) is 17.0. The summed E-state index contributed by atoms with van der Waals surface area (Å²) in [6.45, 7) is 2.33. The van der Waals surface area contributed by atoms with Gasteiger partial charge in [-0.1, -0.05) is 17.7 Å². The number of amides is 1. The summed E-state index contributed by atoms with van der Waals surface area (Å²) in [6.07, 6.45) is 1.51. The SMILES string of the molecule is COc1ccc(-c2cc(CNC(=O)c3ccc(C)cc3)ncn2)cc1. The third kappa shape index (κ3) is 4.20. The van der Waals surface area contributed by atoms with Crippen molar-refractivity contribution >= 4 is 5.91 Å². The van der Waals surface area contributed by atoms with Gasteiger partial charge in [0.15, 0.2) is 0 Å².